The highest BCUT2D eigenvalue weighted by Gasteiger charge is 2.03. The summed E-state index contributed by atoms with van der Waals surface area (Å²) < 4.78 is 1.47. The Morgan fingerprint density at radius 1 is 1.67 bits per heavy atom. The van der Waals surface area contributed by atoms with Crippen LogP contribution in [0.15, 0.2) is 6.07 Å². The first-order valence-corrected chi connectivity index (χ1v) is 3.32. The molecule has 1 N–H and O–H groups in total. The fourth-order valence-corrected chi connectivity index (χ4v) is 0.963. The lowest BCUT2D eigenvalue weighted by Gasteiger charge is -1.97. The number of aromatic nitrogens is 2. The summed E-state index contributed by atoms with van der Waals surface area (Å²) in [6, 6.07) is 1.85. The molecule has 4 nitrogen and oxygen atoms in total. The molecular formula is C7H11ClN2O2. The lowest BCUT2D eigenvalue weighted by atomic mass is 10.4. The fourth-order valence-electron chi connectivity index (χ4n) is 0.963. The normalized spacial score (nSPS) is 9.17. The molecular weight excluding hydrogens is 180 g/mol. The number of carboxylic acid groups (broad SMARTS) is 1. The average molecular weight is 191 g/mol. The number of rotatable bonds is 2. The summed E-state index contributed by atoms with van der Waals surface area (Å²) in [5.41, 5.74) is 1.73. The summed E-state index contributed by atoms with van der Waals surface area (Å²) in [4.78, 5) is 10.3. The summed E-state index contributed by atoms with van der Waals surface area (Å²) in [6.07, 6.45) is 0. The highest BCUT2D eigenvalue weighted by atomic mass is 35.5. The van der Waals surface area contributed by atoms with E-state index in [-0.39, 0.29) is 19.0 Å². The number of hydrogen-bond donors (Lipinski definition) is 1. The third-order valence-electron chi connectivity index (χ3n) is 1.39. The van der Waals surface area contributed by atoms with E-state index in [0.29, 0.717) is 0 Å². The van der Waals surface area contributed by atoms with E-state index < -0.39 is 5.97 Å². The van der Waals surface area contributed by atoms with E-state index in [9.17, 15) is 4.79 Å². The molecule has 0 aliphatic carbocycles. The van der Waals surface area contributed by atoms with E-state index in [2.05, 4.69) is 5.10 Å². The highest BCUT2D eigenvalue weighted by Crippen LogP contribution is 2.00. The number of halogens is 1. The second-order valence-corrected chi connectivity index (χ2v) is 2.48. The molecule has 1 aromatic heterocycles. The lowest BCUT2D eigenvalue weighted by molar-refractivity contribution is -0.137. The minimum absolute atomic E-state index is 0. The van der Waals surface area contributed by atoms with Gasteiger partial charge in [0.25, 0.3) is 0 Å². The van der Waals surface area contributed by atoms with Gasteiger partial charge >= 0.3 is 5.97 Å². The Balaban J connectivity index is 0.00000121. The molecule has 0 aliphatic heterocycles. The molecule has 0 bridgehead atoms. The zero-order valence-electron chi connectivity index (χ0n) is 6.94. The second-order valence-electron chi connectivity index (χ2n) is 2.48. The van der Waals surface area contributed by atoms with Crippen molar-refractivity contribution in [2.24, 2.45) is 0 Å². The Kier molecular flexibility index (Phi) is 3.76. The number of hydrogen-bond acceptors (Lipinski definition) is 2. The van der Waals surface area contributed by atoms with Gasteiger partial charge in [0.05, 0.1) is 5.69 Å². The van der Waals surface area contributed by atoms with Crippen molar-refractivity contribution < 1.29 is 9.90 Å². The van der Waals surface area contributed by atoms with Crippen molar-refractivity contribution in [1.29, 1.82) is 0 Å². The van der Waals surface area contributed by atoms with Crippen LogP contribution in [0.1, 0.15) is 11.4 Å². The van der Waals surface area contributed by atoms with E-state index in [1.165, 1.54) is 4.68 Å². The van der Waals surface area contributed by atoms with Crippen molar-refractivity contribution in [3.63, 3.8) is 0 Å². The van der Waals surface area contributed by atoms with Gasteiger partial charge in [0.1, 0.15) is 6.54 Å². The first-order valence-electron chi connectivity index (χ1n) is 3.32. The zero-order chi connectivity index (χ0) is 8.43. The Labute approximate surface area is 76.6 Å². The molecule has 12 heavy (non-hydrogen) atoms. The van der Waals surface area contributed by atoms with Gasteiger partial charge in [0, 0.05) is 5.69 Å². The number of carboxylic acids is 1. The molecule has 1 heterocycles. The maximum atomic E-state index is 10.3. The highest BCUT2D eigenvalue weighted by molar-refractivity contribution is 5.85. The van der Waals surface area contributed by atoms with Crippen LogP contribution in [0.2, 0.25) is 0 Å². The first kappa shape index (κ1) is 11.0. The van der Waals surface area contributed by atoms with Gasteiger partial charge in [0.2, 0.25) is 0 Å². The van der Waals surface area contributed by atoms with Crippen LogP contribution in [0.3, 0.4) is 0 Å². The molecule has 5 heteroatoms. The van der Waals surface area contributed by atoms with Gasteiger partial charge in [-0.25, -0.2) is 0 Å². The molecule has 0 aliphatic rings. The number of aryl methyl sites for hydroxylation is 2. The minimum atomic E-state index is -0.865. The Morgan fingerprint density at radius 2 is 2.25 bits per heavy atom. The van der Waals surface area contributed by atoms with Crippen molar-refractivity contribution in [3.05, 3.63) is 17.5 Å². The van der Waals surface area contributed by atoms with Crippen LogP contribution in [0.25, 0.3) is 0 Å². The molecule has 1 aromatic rings. The molecule has 0 radical (unpaired) electrons. The molecule has 0 saturated heterocycles. The largest absolute Gasteiger partial charge is 0.480 e. The summed E-state index contributed by atoms with van der Waals surface area (Å²) in [5.74, 6) is -0.865. The van der Waals surface area contributed by atoms with E-state index in [1.54, 1.807) is 0 Å². The maximum absolute atomic E-state index is 10.3. The number of nitrogens with zero attached hydrogens (tertiary/aromatic N) is 2. The fraction of sp³-hybridized carbons (Fsp3) is 0.429. The second kappa shape index (κ2) is 4.11. The third-order valence-corrected chi connectivity index (χ3v) is 1.39. The maximum Gasteiger partial charge on any atom is 0.325 e. The van der Waals surface area contributed by atoms with Crippen molar-refractivity contribution >= 4 is 18.4 Å². The summed E-state index contributed by atoms with van der Waals surface area (Å²) in [7, 11) is 0. The average Bonchev–Trinajstić information content (AvgIpc) is 2.09. The summed E-state index contributed by atoms with van der Waals surface area (Å²) in [6.45, 7) is 3.62. The topological polar surface area (TPSA) is 55.1 Å². The molecule has 0 saturated carbocycles. The first-order chi connectivity index (χ1) is 5.09. The van der Waals surface area contributed by atoms with E-state index in [1.807, 2.05) is 19.9 Å². The zero-order valence-corrected chi connectivity index (χ0v) is 7.76. The molecule has 1 rings (SSSR count). The van der Waals surface area contributed by atoms with Crippen LogP contribution >= 0.6 is 12.4 Å². The Bertz CT molecular complexity index is 283. The molecule has 0 atom stereocenters. The summed E-state index contributed by atoms with van der Waals surface area (Å²) in [5, 5.41) is 12.4. The minimum Gasteiger partial charge on any atom is -0.480 e. The van der Waals surface area contributed by atoms with Crippen LogP contribution in [-0.2, 0) is 11.3 Å². The van der Waals surface area contributed by atoms with Gasteiger partial charge in [-0.3, -0.25) is 9.48 Å². The lowest BCUT2D eigenvalue weighted by Crippen LogP contribution is -2.11. The number of aliphatic carboxylic acids is 1. The molecule has 68 valence electrons. The standard InChI is InChI=1S/C7H10N2O2.ClH/c1-5-3-6(2)9(8-5)4-7(10)11;/h3H,4H2,1-2H3,(H,10,11);1H. The smallest absolute Gasteiger partial charge is 0.325 e. The molecule has 0 aromatic carbocycles. The summed E-state index contributed by atoms with van der Waals surface area (Å²) >= 11 is 0. The van der Waals surface area contributed by atoms with Crippen molar-refractivity contribution in [2.75, 3.05) is 0 Å². The monoisotopic (exact) mass is 190 g/mol. The SMILES string of the molecule is Cc1cc(C)n(CC(=O)O)n1.Cl. The molecule has 0 spiro atoms. The number of carbonyl (C=O) groups is 1. The van der Waals surface area contributed by atoms with Crippen LogP contribution in [0.5, 0.6) is 0 Å². The van der Waals surface area contributed by atoms with E-state index >= 15 is 0 Å². The van der Waals surface area contributed by atoms with Crippen LogP contribution < -0.4 is 0 Å². The van der Waals surface area contributed by atoms with Gasteiger partial charge in [-0.05, 0) is 19.9 Å². The van der Waals surface area contributed by atoms with Gasteiger partial charge in [0.15, 0.2) is 0 Å². The predicted molar refractivity (Wildman–Crippen MR) is 46.6 cm³/mol. The van der Waals surface area contributed by atoms with Crippen molar-refractivity contribution in [3.8, 4) is 0 Å². The Hall–Kier alpha value is -1.03. The quantitative estimate of drug-likeness (QED) is 0.757. The van der Waals surface area contributed by atoms with Gasteiger partial charge in [-0.1, -0.05) is 0 Å². The third kappa shape index (κ3) is 2.54. The van der Waals surface area contributed by atoms with Crippen LogP contribution in [-0.4, -0.2) is 20.9 Å². The molecule has 0 fully saturated rings. The molecule has 0 unspecified atom stereocenters. The van der Waals surface area contributed by atoms with Crippen LogP contribution in [0.4, 0.5) is 0 Å². The molecule has 0 amide bonds. The van der Waals surface area contributed by atoms with Gasteiger partial charge < -0.3 is 5.11 Å². The Morgan fingerprint density at radius 3 is 2.58 bits per heavy atom. The van der Waals surface area contributed by atoms with E-state index in [0.717, 1.165) is 11.4 Å². The van der Waals surface area contributed by atoms with Crippen molar-refractivity contribution in [1.82, 2.24) is 9.78 Å². The van der Waals surface area contributed by atoms with Gasteiger partial charge in [-0.2, -0.15) is 5.10 Å². The predicted octanol–water partition coefficient (Wildman–Crippen LogP) is 1.01. The van der Waals surface area contributed by atoms with Crippen LogP contribution in [0, 0.1) is 13.8 Å². The van der Waals surface area contributed by atoms with Gasteiger partial charge in [-0.15, -0.1) is 12.4 Å². The van der Waals surface area contributed by atoms with E-state index in [4.69, 9.17) is 5.11 Å². The van der Waals surface area contributed by atoms with Crippen molar-refractivity contribution in [2.45, 2.75) is 20.4 Å².